The largest absolute Gasteiger partial charge is 0.441 e. The summed E-state index contributed by atoms with van der Waals surface area (Å²) in [5, 5.41) is 3.55. The molecule has 5 nitrogen and oxygen atoms in total. The summed E-state index contributed by atoms with van der Waals surface area (Å²) in [6.45, 7) is 1.85. The Morgan fingerprint density at radius 1 is 1.82 bits per heavy atom. The molecule has 0 fully saturated rings. The summed E-state index contributed by atoms with van der Waals surface area (Å²) in [6, 6.07) is -0.00861. The molecule has 62 valence electrons. The van der Waals surface area contributed by atoms with E-state index in [9.17, 15) is 4.79 Å². The molecule has 1 heterocycles. The molecule has 0 aliphatic rings. The first-order valence-corrected chi connectivity index (χ1v) is 3.38. The van der Waals surface area contributed by atoms with Crippen LogP contribution in [0.5, 0.6) is 0 Å². The van der Waals surface area contributed by atoms with Gasteiger partial charge in [0.25, 0.3) is 0 Å². The van der Waals surface area contributed by atoms with Crippen molar-refractivity contribution in [2.75, 3.05) is 0 Å². The summed E-state index contributed by atoms with van der Waals surface area (Å²) >= 11 is 0. The number of rotatable bonds is 2. The topological polar surface area (TPSA) is 74.1 Å². The van der Waals surface area contributed by atoms with Crippen LogP contribution in [0.1, 0.15) is 12.7 Å². The van der Waals surface area contributed by atoms with Gasteiger partial charge in [0.1, 0.15) is 0 Å². The van der Waals surface area contributed by atoms with E-state index >= 15 is 0 Å². The molecule has 1 aromatic rings. The minimum Gasteiger partial charge on any atom is -0.328 e. The van der Waals surface area contributed by atoms with Gasteiger partial charge in [0.05, 0.1) is 0 Å². The van der Waals surface area contributed by atoms with Gasteiger partial charge in [-0.15, -0.1) is 0 Å². The Morgan fingerprint density at radius 2 is 2.45 bits per heavy atom. The highest BCUT2D eigenvalue weighted by atomic mass is 16.5. The van der Waals surface area contributed by atoms with Gasteiger partial charge in [0, 0.05) is 19.5 Å². The maximum atomic E-state index is 10.7. The van der Waals surface area contributed by atoms with Crippen LogP contribution in [0, 0.1) is 0 Å². The molecule has 0 aliphatic heterocycles. The summed E-state index contributed by atoms with van der Waals surface area (Å²) in [5.41, 5.74) is 5.51. The monoisotopic (exact) mass is 157 g/mol. The quantitative estimate of drug-likeness (QED) is 0.613. The molecular formula is C6H11N3O2. The van der Waals surface area contributed by atoms with Crippen LogP contribution < -0.4 is 11.5 Å². The maximum Gasteiger partial charge on any atom is 0.441 e. The van der Waals surface area contributed by atoms with Crippen molar-refractivity contribution in [3.8, 4) is 0 Å². The molecule has 0 bridgehead atoms. The van der Waals surface area contributed by atoms with Crippen molar-refractivity contribution < 1.29 is 4.52 Å². The molecule has 11 heavy (non-hydrogen) atoms. The normalized spacial score (nSPS) is 13.4. The van der Waals surface area contributed by atoms with Gasteiger partial charge in [-0.3, -0.25) is 9.09 Å². The average Bonchev–Trinajstić information content (AvgIpc) is 2.18. The molecule has 5 heteroatoms. The van der Waals surface area contributed by atoms with Gasteiger partial charge in [-0.05, 0) is 6.92 Å². The number of nitrogens with zero attached hydrogens (tertiary/aromatic N) is 2. The SMILES string of the molecule is CC(N)Cc1noc(=O)n1C. The van der Waals surface area contributed by atoms with E-state index in [1.807, 2.05) is 6.92 Å². The van der Waals surface area contributed by atoms with Crippen molar-refractivity contribution in [3.05, 3.63) is 16.4 Å². The number of aromatic nitrogens is 2. The number of nitrogens with two attached hydrogens (primary N) is 1. The van der Waals surface area contributed by atoms with E-state index in [4.69, 9.17) is 5.73 Å². The second-order valence-electron chi connectivity index (χ2n) is 2.61. The molecule has 1 atom stereocenters. The summed E-state index contributed by atoms with van der Waals surface area (Å²) in [5.74, 6) is 0.144. The van der Waals surface area contributed by atoms with E-state index < -0.39 is 5.76 Å². The molecule has 0 amide bonds. The van der Waals surface area contributed by atoms with Gasteiger partial charge in [-0.25, -0.2) is 4.79 Å². The zero-order valence-corrected chi connectivity index (χ0v) is 6.57. The van der Waals surface area contributed by atoms with E-state index in [1.165, 1.54) is 4.57 Å². The van der Waals surface area contributed by atoms with Gasteiger partial charge in [0.15, 0.2) is 5.82 Å². The molecule has 2 N–H and O–H groups in total. The van der Waals surface area contributed by atoms with Crippen molar-refractivity contribution in [2.45, 2.75) is 19.4 Å². The van der Waals surface area contributed by atoms with E-state index in [0.29, 0.717) is 12.2 Å². The molecule has 0 saturated heterocycles. The average molecular weight is 157 g/mol. The second kappa shape index (κ2) is 2.87. The van der Waals surface area contributed by atoms with Gasteiger partial charge in [-0.2, -0.15) is 0 Å². The van der Waals surface area contributed by atoms with Crippen molar-refractivity contribution in [1.82, 2.24) is 9.72 Å². The first-order chi connectivity index (χ1) is 5.11. The molecule has 0 spiro atoms. The minimum atomic E-state index is -0.444. The molecular weight excluding hydrogens is 146 g/mol. The van der Waals surface area contributed by atoms with E-state index in [0.717, 1.165) is 0 Å². The Bertz CT molecular complexity index is 286. The lowest BCUT2D eigenvalue weighted by Crippen LogP contribution is -2.22. The van der Waals surface area contributed by atoms with Gasteiger partial charge >= 0.3 is 5.76 Å². The lowest BCUT2D eigenvalue weighted by Gasteiger charge is -2.00. The van der Waals surface area contributed by atoms with Gasteiger partial charge in [-0.1, -0.05) is 5.16 Å². The summed E-state index contributed by atoms with van der Waals surface area (Å²) in [6.07, 6.45) is 0.558. The lowest BCUT2D eigenvalue weighted by atomic mass is 10.2. The molecule has 1 aromatic heterocycles. The molecule has 1 unspecified atom stereocenters. The van der Waals surface area contributed by atoms with Crippen LogP contribution in [0.3, 0.4) is 0 Å². The van der Waals surface area contributed by atoms with Crippen LogP contribution in [0.25, 0.3) is 0 Å². The first kappa shape index (κ1) is 8.00. The van der Waals surface area contributed by atoms with Gasteiger partial charge in [0.2, 0.25) is 0 Å². The molecule has 0 saturated carbocycles. The van der Waals surface area contributed by atoms with Gasteiger partial charge < -0.3 is 5.73 Å². The smallest absolute Gasteiger partial charge is 0.328 e. The highest BCUT2D eigenvalue weighted by molar-refractivity contribution is 4.85. The van der Waals surface area contributed by atoms with Crippen LogP contribution in [-0.4, -0.2) is 15.8 Å². The van der Waals surface area contributed by atoms with Crippen LogP contribution in [-0.2, 0) is 13.5 Å². The van der Waals surface area contributed by atoms with Crippen molar-refractivity contribution in [3.63, 3.8) is 0 Å². The van der Waals surface area contributed by atoms with Crippen LogP contribution in [0.15, 0.2) is 9.32 Å². The first-order valence-electron chi connectivity index (χ1n) is 3.38. The van der Waals surface area contributed by atoms with E-state index in [-0.39, 0.29) is 6.04 Å². The van der Waals surface area contributed by atoms with E-state index in [1.54, 1.807) is 7.05 Å². The number of hydrogen-bond acceptors (Lipinski definition) is 4. The van der Waals surface area contributed by atoms with E-state index in [2.05, 4.69) is 9.68 Å². The Balaban J connectivity index is 2.87. The zero-order valence-electron chi connectivity index (χ0n) is 6.57. The summed E-state index contributed by atoms with van der Waals surface area (Å²) in [7, 11) is 1.61. The zero-order chi connectivity index (χ0) is 8.43. The molecule has 0 radical (unpaired) electrons. The van der Waals surface area contributed by atoms with Crippen molar-refractivity contribution >= 4 is 0 Å². The van der Waals surface area contributed by atoms with Crippen LogP contribution in [0.4, 0.5) is 0 Å². The fourth-order valence-corrected chi connectivity index (χ4v) is 0.782. The fraction of sp³-hybridized carbons (Fsp3) is 0.667. The molecule has 1 rings (SSSR count). The third-order valence-electron chi connectivity index (χ3n) is 1.39. The lowest BCUT2D eigenvalue weighted by molar-refractivity contribution is 0.375. The third-order valence-corrected chi connectivity index (χ3v) is 1.39. The van der Waals surface area contributed by atoms with Crippen LogP contribution >= 0.6 is 0 Å². The summed E-state index contributed by atoms with van der Waals surface area (Å²) < 4.78 is 5.75. The van der Waals surface area contributed by atoms with Crippen LogP contribution in [0.2, 0.25) is 0 Å². The minimum absolute atomic E-state index is 0.00861. The van der Waals surface area contributed by atoms with Crippen molar-refractivity contribution in [2.24, 2.45) is 12.8 Å². The predicted molar refractivity (Wildman–Crippen MR) is 39.1 cm³/mol. The molecule has 0 aromatic carbocycles. The second-order valence-corrected chi connectivity index (χ2v) is 2.61. The Kier molecular flexibility index (Phi) is 2.09. The summed E-state index contributed by atoms with van der Waals surface area (Å²) in [4.78, 5) is 10.7. The highest BCUT2D eigenvalue weighted by Crippen LogP contribution is 1.93. The standard InChI is InChI=1S/C6H11N3O2/c1-4(7)3-5-8-11-6(10)9(5)2/h4H,3,7H2,1-2H3. The Hall–Kier alpha value is -1.10. The Morgan fingerprint density at radius 3 is 2.82 bits per heavy atom. The van der Waals surface area contributed by atoms with Crippen molar-refractivity contribution in [1.29, 1.82) is 0 Å². The highest BCUT2D eigenvalue weighted by Gasteiger charge is 2.07. The third kappa shape index (κ3) is 1.68. The fourth-order valence-electron chi connectivity index (χ4n) is 0.782. The number of hydrogen-bond donors (Lipinski definition) is 1. The maximum absolute atomic E-state index is 10.7. The molecule has 0 aliphatic carbocycles. The predicted octanol–water partition coefficient (Wildman–Crippen LogP) is -0.737. The Labute approximate surface area is 63.8 Å².